The first-order valence-electron chi connectivity index (χ1n) is 9.46. The maximum absolute atomic E-state index is 12.9. The van der Waals surface area contributed by atoms with Crippen molar-refractivity contribution in [2.45, 2.75) is 10.6 Å². The molecule has 0 radical (unpaired) electrons. The van der Waals surface area contributed by atoms with E-state index in [1.165, 1.54) is 6.07 Å². The molecular formula is C23H18N2O4S2. The lowest BCUT2D eigenvalue weighted by molar-refractivity contribution is -0.140. The van der Waals surface area contributed by atoms with Gasteiger partial charge in [-0.3, -0.25) is 4.79 Å². The number of H-pyrrole nitrogens is 1. The monoisotopic (exact) mass is 450 g/mol. The van der Waals surface area contributed by atoms with E-state index in [2.05, 4.69) is 21.8 Å². The number of thiophene rings is 1. The lowest BCUT2D eigenvalue weighted by atomic mass is 10.0. The fourth-order valence-electron chi connectivity index (χ4n) is 3.22. The zero-order chi connectivity index (χ0) is 21.8. The second-order valence-corrected chi connectivity index (χ2v) is 10.3. The van der Waals surface area contributed by atoms with Crippen LogP contribution in [0.5, 0.6) is 0 Å². The van der Waals surface area contributed by atoms with Crippen LogP contribution < -0.4 is 0 Å². The van der Waals surface area contributed by atoms with E-state index in [1.54, 1.807) is 24.5 Å². The predicted octanol–water partition coefficient (Wildman–Crippen LogP) is 3.74. The minimum Gasteiger partial charge on any atom is -0.481 e. The van der Waals surface area contributed by atoms with Crippen molar-refractivity contribution in [2.24, 2.45) is 5.92 Å². The molecule has 0 saturated heterocycles. The molecule has 1 atom stereocenters. The lowest BCUT2D eigenvalue weighted by Crippen LogP contribution is -2.25. The van der Waals surface area contributed by atoms with Gasteiger partial charge in [-0.1, -0.05) is 30.0 Å². The number of fused-ring (bicyclic) bond motifs is 1. The first-order valence-corrected chi connectivity index (χ1v) is 11.9. The zero-order valence-electron chi connectivity index (χ0n) is 16.3. The van der Waals surface area contributed by atoms with Crippen LogP contribution in [0.3, 0.4) is 0 Å². The van der Waals surface area contributed by atoms with Gasteiger partial charge in [0.25, 0.3) is 0 Å². The largest absolute Gasteiger partial charge is 0.481 e. The Morgan fingerprint density at radius 3 is 2.68 bits per heavy atom. The van der Waals surface area contributed by atoms with Gasteiger partial charge < -0.3 is 10.1 Å². The van der Waals surface area contributed by atoms with Crippen molar-refractivity contribution in [3.05, 3.63) is 83.0 Å². The van der Waals surface area contributed by atoms with Crippen molar-refractivity contribution in [1.29, 1.82) is 0 Å². The van der Waals surface area contributed by atoms with Crippen LogP contribution in [-0.4, -0.2) is 35.2 Å². The molecule has 3 aromatic heterocycles. The zero-order valence-corrected chi connectivity index (χ0v) is 17.9. The van der Waals surface area contributed by atoms with Crippen molar-refractivity contribution < 1.29 is 18.3 Å². The lowest BCUT2D eigenvalue weighted by Gasteiger charge is -2.11. The summed E-state index contributed by atoms with van der Waals surface area (Å²) in [5.41, 5.74) is 2.20. The average molecular weight is 451 g/mol. The molecule has 0 fully saturated rings. The van der Waals surface area contributed by atoms with E-state index >= 15 is 0 Å². The fourth-order valence-corrected chi connectivity index (χ4v) is 6.02. The highest BCUT2D eigenvalue weighted by Gasteiger charge is 2.28. The molecule has 0 aliphatic heterocycles. The van der Waals surface area contributed by atoms with Gasteiger partial charge in [0.15, 0.2) is 9.84 Å². The molecule has 0 unspecified atom stereocenters. The average Bonchev–Trinajstić information content (AvgIpc) is 3.40. The summed E-state index contributed by atoms with van der Waals surface area (Å²) in [6.45, 7) is 0. The number of carbonyl (C=O) groups is 1. The Kier molecular flexibility index (Phi) is 5.89. The molecule has 31 heavy (non-hydrogen) atoms. The quantitative estimate of drug-likeness (QED) is 0.436. The van der Waals surface area contributed by atoms with E-state index in [0.29, 0.717) is 10.5 Å². The maximum atomic E-state index is 12.9. The van der Waals surface area contributed by atoms with Crippen molar-refractivity contribution >= 4 is 38.2 Å². The Balaban J connectivity index is 1.53. The molecule has 1 aromatic carbocycles. The first kappa shape index (κ1) is 20.8. The van der Waals surface area contributed by atoms with E-state index < -0.39 is 27.5 Å². The van der Waals surface area contributed by atoms with Gasteiger partial charge >= 0.3 is 5.97 Å². The number of hydrogen-bond acceptors (Lipinski definition) is 5. The number of sulfone groups is 1. The number of pyridine rings is 1. The fraction of sp³-hybridized carbons (Fsp3) is 0.130. The Hall–Kier alpha value is -3.41. The SMILES string of the molecule is O=C(O)[C@@H](Cc1c[nH]c2ncccc12)CS(=O)(=O)c1ccc(C#Cc2ccccc2)s1. The van der Waals surface area contributed by atoms with E-state index in [9.17, 15) is 18.3 Å². The van der Waals surface area contributed by atoms with Crippen molar-refractivity contribution in [3.63, 3.8) is 0 Å². The predicted molar refractivity (Wildman–Crippen MR) is 120 cm³/mol. The Morgan fingerprint density at radius 1 is 1.10 bits per heavy atom. The summed E-state index contributed by atoms with van der Waals surface area (Å²) in [4.78, 5) is 19.6. The molecule has 2 N–H and O–H groups in total. The second-order valence-electron chi connectivity index (χ2n) is 6.97. The number of carboxylic acids is 1. The normalized spacial score (nSPS) is 12.3. The summed E-state index contributed by atoms with van der Waals surface area (Å²) in [6, 6.07) is 16.1. The van der Waals surface area contributed by atoms with Crippen LogP contribution in [-0.2, 0) is 21.1 Å². The standard InChI is InChI=1S/C23H18N2O4S2/c26-23(27)18(13-17-14-25-22-20(17)7-4-12-24-22)15-31(28,29)21-11-10-19(30-21)9-8-16-5-2-1-3-6-16/h1-7,10-12,14,18H,13,15H2,(H,24,25)(H,26,27)/t18-/m0/s1. The van der Waals surface area contributed by atoms with Crippen LogP contribution in [0, 0.1) is 17.8 Å². The molecular weight excluding hydrogens is 432 g/mol. The molecule has 0 aliphatic rings. The van der Waals surface area contributed by atoms with Crippen LogP contribution in [0.4, 0.5) is 0 Å². The van der Waals surface area contributed by atoms with Gasteiger partial charge in [0.2, 0.25) is 0 Å². The number of hydrogen-bond donors (Lipinski definition) is 2. The van der Waals surface area contributed by atoms with Crippen LogP contribution in [0.15, 0.2) is 71.2 Å². The highest BCUT2D eigenvalue weighted by atomic mass is 32.2. The number of aliphatic carboxylic acids is 1. The number of nitrogens with one attached hydrogen (secondary N) is 1. The van der Waals surface area contributed by atoms with E-state index in [0.717, 1.165) is 27.8 Å². The van der Waals surface area contributed by atoms with Gasteiger partial charge in [0, 0.05) is 23.3 Å². The van der Waals surface area contributed by atoms with Crippen LogP contribution in [0.25, 0.3) is 11.0 Å². The van der Waals surface area contributed by atoms with Gasteiger partial charge in [-0.2, -0.15) is 0 Å². The Bertz CT molecular complexity index is 1390. The number of aromatic amines is 1. The van der Waals surface area contributed by atoms with E-state index in [4.69, 9.17) is 0 Å². The van der Waals surface area contributed by atoms with Gasteiger partial charge in [-0.25, -0.2) is 13.4 Å². The van der Waals surface area contributed by atoms with Crippen LogP contribution >= 0.6 is 11.3 Å². The number of rotatable bonds is 6. The topological polar surface area (TPSA) is 100 Å². The number of benzene rings is 1. The van der Waals surface area contributed by atoms with Gasteiger partial charge in [-0.05, 0) is 48.4 Å². The third-order valence-corrected chi connectivity index (χ3v) is 8.16. The highest BCUT2D eigenvalue weighted by Crippen LogP contribution is 2.26. The molecule has 0 amide bonds. The molecule has 0 saturated carbocycles. The van der Waals surface area contributed by atoms with Crippen molar-refractivity contribution in [2.75, 3.05) is 5.75 Å². The Morgan fingerprint density at radius 2 is 1.90 bits per heavy atom. The molecule has 3 heterocycles. The van der Waals surface area contributed by atoms with Gasteiger partial charge in [0.1, 0.15) is 9.86 Å². The summed E-state index contributed by atoms with van der Waals surface area (Å²) in [6.07, 6.45) is 3.41. The first-order chi connectivity index (χ1) is 14.9. The van der Waals surface area contributed by atoms with Gasteiger partial charge in [0.05, 0.1) is 16.5 Å². The molecule has 0 spiro atoms. The second kappa shape index (κ2) is 8.76. The van der Waals surface area contributed by atoms with E-state index in [-0.39, 0.29) is 10.6 Å². The minimum absolute atomic E-state index is 0.0896. The van der Waals surface area contributed by atoms with Crippen LogP contribution in [0.1, 0.15) is 16.0 Å². The summed E-state index contributed by atoms with van der Waals surface area (Å²) in [7, 11) is -3.78. The molecule has 4 aromatic rings. The number of aromatic nitrogens is 2. The molecule has 8 heteroatoms. The number of carboxylic acid groups (broad SMARTS) is 1. The van der Waals surface area contributed by atoms with Gasteiger partial charge in [-0.15, -0.1) is 11.3 Å². The van der Waals surface area contributed by atoms with E-state index in [1.807, 2.05) is 36.4 Å². The molecule has 156 valence electrons. The summed E-state index contributed by atoms with van der Waals surface area (Å²) >= 11 is 1.05. The summed E-state index contributed by atoms with van der Waals surface area (Å²) in [5, 5.41) is 10.5. The third-order valence-electron chi connectivity index (χ3n) is 4.76. The Labute approximate surface area is 183 Å². The third kappa shape index (κ3) is 4.85. The summed E-state index contributed by atoms with van der Waals surface area (Å²) < 4.78 is 25.9. The number of nitrogens with zero attached hydrogens (tertiary/aromatic N) is 1. The smallest absolute Gasteiger partial charge is 0.307 e. The molecule has 0 bridgehead atoms. The van der Waals surface area contributed by atoms with Crippen molar-refractivity contribution in [1.82, 2.24) is 9.97 Å². The molecule has 4 rings (SSSR count). The van der Waals surface area contributed by atoms with Crippen LogP contribution in [0.2, 0.25) is 0 Å². The molecule has 0 aliphatic carbocycles. The maximum Gasteiger partial charge on any atom is 0.307 e. The minimum atomic E-state index is -3.78. The van der Waals surface area contributed by atoms with Crippen molar-refractivity contribution in [3.8, 4) is 11.8 Å². The summed E-state index contributed by atoms with van der Waals surface area (Å²) in [5.74, 6) is 3.24. The highest BCUT2D eigenvalue weighted by molar-refractivity contribution is 7.93. The molecule has 6 nitrogen and oxygen atoms in total.